The van der Waals surface area contributed by atoms with Crippen molar-refractivity contribution in [3.05, 3.63) is 47.0 Å². The summed E-state index contributed by atoms with van der Waals surface area (Å²) >= 11 is 0. The molecular weight excluding hydrogens is 346 g/mol. The SMILES string of the molecule is C=C(C)C[C@H](c1ccc(C(F)(F)F)cc1C(F)(F)F)N1CCNCC1. The Labute approximate surface area is 142 Å². The average molecular weight is 366 g/mol. The summed E-state index contributed by atoms with van der Waals surface area (Å²) in [4.78, 5) is 1.86. The minimum absolute atomic E-state index is 0.134. The van der Waals surface area contributed by atoms with Gasteiger partial charge in [0.15, 0.2) is 0 Å². The van der Waals surface area contributed by atoms with Crippen molar-refractivity contribution in [2.24, 2.45) is 0 Å². The topological polar surface area (TPSA) is 15.3 Å². The molecule has 0 spiro atoms. The Bertz CT molecular complexity index is 615. The van der Waals surface area contributed by atoms with Crippen LogP contribution in [0, 0.1) is 0 Å². The summed E-state index contributed by atoms with van der Waals surface area (Å²) < 4.78 is 78.9. The Balaban J connectivity index is 2.53. The maximum Gasteiger partial charge on any atom is 0.416 e. The average Bonchev–Trinajstić information content (AvgIpc) is 2.51. The Hall–Kier alpha value is -1.54. The molecule has 140 valence electrons. The maximum atomic E-state index is 13.5. The molecule has 1 fully saturated rings. The number of hydrogen-bond donors (Lipinski definition) is 1. The van der Waals surface area contributed by atoms with Crippen LogP contribution in [0.3, 0.4) is 0 Å². The first-order chi connectivity index (χ1) is 11.5. The van der Waals surface area contributed by atoms with Gasteiger partial charge in [-0.2, -0.15) is 26.3 Å². The first-order valence-corrected chi connectivity index (χ1v) is 7.87. The van der Waals surface area contributed by atoms with Crippen molar-refractivity contribution < 1.29 is 26.3 Å². The summed E-state index contributed by atoms with van der Waals surface area (Å²) in [6.45, 7) is 7.75. The lowest BCUT2D eigenvalue weighted by molar-refractivity contribution is -0.143. The summed E-state index contributed by atoms with van der Waals surface area (Å²) in [6.07, 6.45) is -9.43. The van der Waals surface area contributed by atoms with E-state index >= 15 is 0 Å². The van der Waals surface area contributed by atoms with Gasteiger partial charge in [0, 0.05) is 32.2 Å². The number of halogens is 6. The molecule has 25 heavy (non-hydrogen) atoms. The van der Waals surface area contributed by atoms with Gasteiger partial charge in [0.1, 0.15) is 0 Å². The Kier molecular flexibility index (Phi) is 5.83. The number of benzene rings is 1. The van der Waals surface area contributed by atoms with Crippen molar-refractivity contribution in [3.8, 4) is 0 Å². The summed E-state index contributed by atoms with van der Waals surface area (Å²) in [5, 5.41) is 3.11. The molecule has 1 aliphatic rings. The van der Waals surface area contributed by atoms with Crippen LogP contribution in [0.25, 0.3) is 0 Å². The van der Waals surface area contributed by atoms with E-state index in [2.05, 4.69) is 11.9 Å². The molecule has 0 aliphatic carbocycles. The van der Waals surface area contributed by atoms with E-state index < -0.39 is 29.5 Å². The van der Waals surface area contributed by atoms with Gasteiger partial charge in [-0.1, -0.05) is 11.6 Å². The van der Waals surface area contributed by atoms with Gasteiger partial charge in [-0.3, -0.25) is 4.90 Å². The highest BCUT2D eigenvalue weighted by molar-refractivity contribution is 5.38. The number of nitrogens with one attached hydrogen (secondary N) is 1. The molecule has 0 saturated carbocycles. The molecule has 8 heteroatoms. The molecule has 0 aromatic heterocycles. The Morgan fingerprint density at radius 3 is 2.20 bits per heavy atom. The summed E-state index contributed by atoms with van der Waals surface area (Å²) in [5.41, 5.74) is -1.98. The largest absolute Gasteiger partial charge is 0.416 e. The molecule has 1 N–H and O–H groups in total. The molecule has 1 heterocycles. The third-order valence-corrected chi connectivity index (χ3v) is 4.18. The van der Waals surface area contributed by atoms with Gasteiger partial charge in [0.2, 0.25) is 0 Å². The Morgan fingerprint density at radius 1 is 1.12 bits per heavy atom. The lowest BCUT2D eigenvalue weighted by Gasteiger charge is -2.36. The highest BCUT2D eigenvalue weighted by Gasteiger charge is 2.40. The maximum absolute atomic E-state index is 13.5. The van der Waals surface area contributed by atoms with Crippen molar-refractivity contribution in [1.82, 2.24) is 10.2 Å². The number of nitrogens with zero attached hydrogens (tertiary/aromatic N) is 1. The zero-order valence-electron chi connectivity index (χ0n) is 13.8. The van der Waals surface area contributed by atoms with Crippen LogP contribution < -0.4 is 5.32 Å². The number of alkyl halides is 6. The molecule has 2 nitrogen and oxygen atoms in total. The van der Waals surface area contributed by atoms with E-state index in [1.165, 1.54) is 0 Å². The Morgan fingerprint density at radius 2 is 1.72 bits per heavy atom. The van der Waals surface area contributed by atoms with Crippen molar-refractivity contribution in [2.75, 3.05) is 26.2 Å². The molecule has 1 aromatic carbocycles. The number of rotatable bonds is 4. The summed E-state index contributed by atoms with van der Waals surface area (Å²) in [7, 11) is 0. The van der Waals surface area contributed by atoms with Crippen LogP contribution in [0.5, 0.6) is 0 Å². The second-order valence-electron chi connectivity index (χ2n) is 6.26. The standard InChI is InChI=1S/C17H20F6N2/c1-11(2)9-15(25-7-5-24-6-8-25)13-4-3-12(16(18,19)20)10-14(13)17(21,22)23/h3-4,10,15,24H,1,5-9H2,2H3/t15-/m1/s1. The van der Waals surface area contributed by atoms with Crippen LogP contribution in [0.4, 0.5) is 26.3 Å². The molecule has 1 atom stereocenters. The molecule has 0 bridgehead atoms. The second-order valence-corrected chi connectivity index (χ2v) is 6.26. The van der Waals surface area contributed by atoms with E-state index in [1.54, 1.807) is 6.92 Å². The van der Waals surface area contributed by atoms with Crippen molar-refractivity contribution >= 4 is 0 Å². The summed E-state index contributed by atoms with van der Waals surface area (Å²) in [6, 6.07) is 1.24. The van der Waals surface area contributed by atoms with Crippen LogP contribution >= 0.6 is 0 Å². The number of hydrogen-bond acceptors (Lipinski definition) is 2. The van der Waals surface area contributed by atoms with E-state index in [-0.39, 0.29) is 18.1 Å². The van der Waals surface area contributed by atoms with Crippen molar-refractivity contribution in [1.29, 1.82) is 0 Å². The molecule has 1 saturated heterocycles. The van der Waals surface area contributed by atoms with Gasteiger partial charge >= 0.3 is 12.4 Å². The fourth-order valence-corrected chi connectivity index (χ4v) is 3.03. The molecule has 0 radical (unpaired) electrons. The molecule has 0 amide bonds. The lowest BCUT2D eigenvalue weighted by Crippen LogP contribution is -2.45. The quantitative estimate of drug-likeness (QED) is 0.617. The molecule has 1 aliphatic heterocycles. The van der Waals surface area contributed by atoms with Gasteiger partial charge in [0.05, 0.1) is 11.1 Å². The van der Waals surface area contributed by atoms with Crippen LogP contribution in [-0.2, 0) is 12.4 Å². The van der Waals surface area contributed by atoms with Crippen LogP contribution in [-0.4, -0.2) is 31.1 Å². The van der Waals surface area contributed by atoms with E-state index in [0.29, 0.717) is 31.8 Å². The fraction of sp³-hybridized carbons (Fsp3) is 0.529. The zero-order valence-corrected chi connectivity index (χ0v) is 13.8. The zero-order chi connectivity index (χ0) is 18.8. The van der Waals surface area contributed by atoms with Crippen LogP contribution in [0.1, 0.15) is 36.1 Å². The van der Waals surface area contributed by atoms with Crippen molar-refractivity contribution in [3.63, 3.8) is 0 Å². The highest BCUT2D eigenvalue weighted by Crippen LogP contribution is 2.41. The highest BCUT2D eigenvalue weighted by atomic mass is 19.4. The lowest BCUT2D eigenvalue weighted by atomic mass is 9.92. The van der Waals surface area contributed by atoms with Gasteiger partial charge < -0.3 is 5.32 Å². The number of piperazine rings is 1. The van der Waals surface area contributed by atoms with Gasteiger partial charge in [-0.15, -0.1) is 6.58 Å². The van der Waals surface area contributed by atoms with E-state index in [1.807, 2.05) is 4.90 Å². The minimum Gasteiger partial charge on any atom is -0.314 e. The minimum atomic E-state index is -4.86. The normalized spacial score (nSPS) is 18.2. The van der Waals surface area contributed by atoms with Gasteiger partial charge in [-0.25, -0.2) is 0 Å². The predicted molar refractivity (Wildman–Crippen MR) is 83.1 cm³/mol. The molecule has 1 aromatic rings. The van der Waals surface area contributed by atoms with Crippen LogP contribution in [0.2, 0.25) is 0 Å². The van der Waals surface area contributed by atoms with Crippen LogP contribution in [0.15, 0.2) is 30.4 Å². The molecular formula is C17H20F6N2. The smallest absolute Gasteiger partial charge is 0.314 e. The van der Waals surface area contributed by atoms with Gasteiger partial charge in [-0.05, 0) is 31.0 Å². The first-order valence-electron chi connectivity index (χ1n) is 7.87. The van der Waals surface area contributed by atoms with Gasteiger partial charge in [0.25, 0.3) is 0 Å². The molecule has 2 rings (SSSR count). The fourth-order valence-electron chi connectivity index (χ4n) is 3.03. The third kappa shape index (κ3) is 4.98. The third-order valence-electron chi connectivity index (χ3n) is 4.18. The van der Waals surface area contributed by atoms with Crippen molar-refractivity contribution in [2.45, 2.75) is 31.7 Å². The predicted octanol–water partition coefficient (Wildman–Crippen LogP) is 4.64. The van der Waals surface area contributed by atoms with E-state index in [9.17, 15) is 26.3 Å². The van der Waals surface area contributed by atoms with E-state index in [0.717, 1.165) is 12.1 Å². The second kappa shape index (κ2) is 7.37. The monoisotopic (exact) mass is 366 g/mol. The molecule has 0 unspecified atom stereocenters. The van der Waals surface area contributed by atoms with E-state index in [4.69, 9.17) is 0 Å². The first kappa shape index (κ1) is 19.8. The summed E-state index contributed by atoms with van der Waals surface area (Å²) in [5.74, 6) is 0.